The third-order valence-corrected chi connectivity index (χ3v) is 4.98. The molecule has 0 bridgehead atoms. The fourth-order valence-electron chi connectivity index (χ4n) is 3.25. The van der Waals surface area contributed by atoms with Crippen LogP contribution in [0.25, 0.3) is 0 Å². The molecule has 0 atom stereocenters. The van der Waals surface area contributed by atoms with Crippen LogP contribution in [0.2, 0.25) is 5.02 Å². The number of carbonyl (C=O) groups is 1. The van der Waals surface area contributed by atoms with Gasteiger partial charge in [-0.2, -0.15) is 0 Å². The Balaban J connectivity index is 1.52. The number of para-hydroxylation sites is 1. The van der Waals surface area contributed by atoms with E-state index in [-0.39, 0.29) is 23.8 Å². The number of furan rings is 1. The van der Waals surface area contributed by atoms with Crippen molar-refractivity contribution in [1.82, 2.24) is 4.57 Å². The number of hydrogen-bond acceptors (Lipinski definition) is 5. The summed E-state index contributed by atoms with van der Waals surface area (Å²) in [5, 5.41) is 3.45. The lowest BCUT2D eigenvalue weighted by Crippen LogP contribution is -2.37. The average Bonchev–Trinajstić information content (AvgIpc) is 3.19. The number of pyridine rings is 1. The van der Waals surface area contributed by atoms with Crippen LogP contribution in [0.15, 0.2) is 63.9 Å². The molecule has 150 valence electrons. The minimum absolute atomic E-state index is 0.135. The summed E-state index contributed by atoms with van der Waals surface area (Å²) in [5.41, 5.74) is 1.25. The number of carbonyl (C=O) groups excluding carboxylic acids is 1. The second kappa shape index (κ2) is 8.55. The van der Waals surface area contributed by atoms with Crippen molar-refractivity contribution < 1.29 is 13.9 Å². The molecule has 0 spiro atoms. The van der Waals surface area contributed by atoms with Crippen LogP contribution < -0.4 is 15.8 Å². The topological polar surface area (TPSA) is 76.7 Å². The summed E-state index contributed by atoms with van der Waals surface area (Å²) in [6.07, 6.45) is 1.67. The van der Waals surface area contributed by atoms with Crippen LogP contribution in [0.4, 0.5) is 11.4 Å². The van der Waals surface area contributed by atoms with Gasteiger partial charge in [-0.05, 0) is 30.3 Å². The van der Waals surface area contributed by atoms with Crippen molar-refractivity contribution in [3.05, 3.63) is 81.6 Å². The molecular formula is C21H20ClN3O4. The highest BCUT2D eigenvalue weighted by atomic mass is 35.5. The minimum atomic E-state index is -0.381. The van der Waals surface area contributed by atoms with Crippen molar-refractivity contribution in [2.75, 3.05) is 36.5 Å². The number of ether oxygens (including phenoxy) is 1. The van der Waals surface area contributed by atoms with Gasteiger partial charge in [-0.15, -0.1) is 0 Å². The molecule has 1 amide bonds. The van der Waals surface area contributed by atoms with Crippen molar-refractivity contribution in [2.45, 2.75) is 6.54 Å². The molecule has 1 N–H and O–H groups in total. The summed E-state index contributed by atoms with van der Waals surface area (Å²) in [6, 6.07) is 13.6. The van der Waals surface area contributed by atoms with Crippen molar-refractivity contribution in [2.24, 2.45) is 0 Å². The van der Waals surface area contributed by atoms with Gasteiger partial charge in [0.05, 0.1) is 36.2 Å². The van der Waals surface area contributed by atoms with Crippen LogP contribution in [-0.2, 0) is 11.3 Å². The van der Waals surface area contributed by atoms with Gasteiger partial charge in [0.2, 0.25) is 0 Å². The van der Waals surface area contributed by atoms with E-state index >= 15 is 0 Å². The first-order valence-electron chi connectivity index (χ1n) is 9.28. The van der Waals surface area contributed by atoms with E-state index in [1.807, 2.05) is 6.07 Å². The zero-order valence-electron chi connectivity index (χ0n) is 15.6. The maximum atomic E-state index is 12.7. The van der Waals surface area contributed by atoms with Gasteiger partial charge in [-0.1, -0.05) is 23.7 Å². The van der Waals surface area contributed by atoms with Crippen molar-refractivity contribution in [1.29, 1.82) is 0 Å². The Kier molecular flexibility index (Phi) is 5.69. The SMILES string of the molecule is O=C(Nc1cccc(Cl)c1N1CCOCC1)c1ccc(Cn2ccccc2=O)o1. The van der Waals surface area contributed by atoms with E-state index < -0.39 is 0 Å². The highest BCUT2D eigenvalue weighted by Gasteiger charge is 2.20. The van der Waals surface area contributed by atoms with E-state index in [0.717, 1.165) is 5.69 Å². The number of amides is 1. The third kappa shape index (κ3) is 4.36. The zero-order chi connectivity index (χ0) is 20.2. The number of aromatic nitrogens is 1. The fourth-order valence-corrected chi connectivity index (χ4v) is 3.55. The van der Waals surface area contributed by atoms with Gasteiger partial charge < -0.3 is 23.9 Å². The van der Waals surface area contributed by atoms with Gasteiger partial charge in [0.25, 0.3) is 11.5 Å². The number of benzene rings is 1. The summed E-state index contributed by atoms with van der Waals surface area (Å²) in [7, 11) is 0. The maximum Gasteiger partial charge on any atom is 0.291 e. The zero-order valence-corrected chi connectivity index (χ0v) is 16.4. The molecule has 29 heavy (non-hydrogen) atoms. The maximum absolute atomic E-state index is 12.7. The van der Waals surface area contributed by atoms with E-state index in [9.17, 15) is 9.59 Å². The summed E-state index contributed by atoms with van der Waals surface area (Å²) in [5.74, 6) is 0.299. The molecule has 1 aromatic carbocycles. The molecule has 2 aromatic heterocycles. The number of rotatable bonds is 5. The van der Waals surface area contributed by atoms with Crippen LogP contribution in [0.3, 0.4) is 0 Å². The second-order valence-electron chi connectivity index (χ2n) is 6.62. The largest absolute Gasteiger partial charge is 0.454 e. The Morgan fingerprint density at radius 2 is 1.90 bits per heavy atom. The van der Waals surface area contributed by atoms with Gasteiger partial charge in [-0.3, -0.25) is 9.59 Å². The smallest absolute Gasteiger partial charge is 0.291 e. The van der Waals surface area contributed by atoms with E-state index in [2.05, 4.69) is 10.2 Å². The Labute approximate surface area is 172 Å². The lowest BCUT2D eigenvalue weighted by atomic mass is 10.2. The summed E-state index contributed by atoms with van der Waals surface area (Å²) in [6.45, 7) is 2.87. The summed E-state index contributed by atoms with van der Waals surface area (Å²) < 4.78 is 12.6. The van der Waals surface area contributed by atoms with Crippen molar-refractivity contribution >= 4 is 28.9 Å². The Morgan fingerprint density at radius 3 is 2.69 bits per heavy atom. The average molecular weight is 414 g/mol. The molecule has 0 unspecified atom stereocenters. The van der Waals surface area contributed by atoms with Crippen molar-refractivity contribution in [3.8, 4) is 0 Å². The Morgan fingerprint density at radius 1 is 1.07 bits per heavy atom. The molecule has 7 nitrogen and oxygen atoms in total. The van der Waals surface area contributed by atoms with Crippen LogP contribution in [-0.4, -0.2) is 36.8 Å². The molecule has 0 saturated carbocycles. The summed E-state index contributed by atoms with van der Waals surface area (Å²) >= 11 is 6.41. The molecule has 1 saturated heterocycles. The van der Waals surface area contributed by atoms with Crippen LogP contribution in [0.5, 0.6) is 0 Å². The fraction of sp³-hybridized carbons (Fsp3) is 0.238. The molecule has 3 aromatic rings. The van der Waals surface area contributed by atoms with Crippen LogP contribution in [0, 0.1) is 0 Å². The normalized spacial score (nSPS) is 14.0. The Hall–Kier alpha value is -3.03. The number of morpholine rings is 1. The van der Waals surface area contributed by atoms with E-state index in [1.165, 1.54) is 10.6 Å². The standard InChI is InChI=1S/C21H20ClN3O4/c22-16-4-3-5-17(20(16)24-10-12-28-13-11-24)23-21(27)18-8-7-15(29-18)14-25-9-2-1-6-19(25)26/h1-9H,10-14H2,(H,23,27). The molecule has 0 radical (unpaired) electrons. The van der Waals surface area contributed by atoms with Gasteiger partial charge in [0.15, 0.2) is 5.76 Å². The third-order valence-electron chi connectivity index (χ3n) is 4.67. The monoisotopic (exact) mass is 413 g/mol. The molecule has 4 rings (SSSR count). The predicted octanol–water partition coefficient (Wildman–Crippen LogP) is 3.23. The van der Waals surface area contributed by atoms with Gasteiger partial charge >= 0.3 is 0 Å². The second-order valence-corrected chi connectivity index (χ2v) is 7.03. The first kappa shape index (κ1) is 19.3. The minimum Gasteiger partial charge on any atom is -0.454 e. The van der Waals surface area contributed by atoms with E-state index in [4.69, 9.17) is 20.8 Å². The van der Waals surface area contributed by atoms with Crippen LogP contribution in [0.1, 0.15) is 16.3 Å². The highest BCUT2D eigenvalue weighted by molar-refractivity contribution is 6.34. The number of nitrogens with zero attached hydrogens (tertiary/aromatic N) is 2. The molecular weight excluding hydrogens is 394 g/mol. The molecule has 8 heteroatoms. The first-order valence-corrected chi connectivity index (χ1v) is 9.66. The molecule has 1 aliphatic rings. The molecule has 1 aliphatic heterocycles. The summed E-state index contributed by atoms with van der Waals surface area (Å²) in [4.78, 5) is 26.7. The predicted molar refractivity (Wildman–Crippen MR) is 111 cm³/mol. The number of halogens is 1. The number of nitrogens with one attached hydrogen (secondary N) is 1. The molecule has 1 fully saturated rings. The molecule has 3 heterocycles. The lowest BCUT2D eigenvalue weighted by Gasteiger charge is -2.31. The van der Waals surface area contributed by atoms with E-state index in [1.54, 1.807) is 42.6 Å². The van der Waals surface area contributed by atoms with Gasteiger partial charge in [-0.25, -0.2) is 0 Å². The van der Waals surface area contributed by atoms with Gasteiger partial charge in [0, 0.05) is 25.4 Å². The number of hydrogen-bond donors (Lipinski definition) is 1. The van der Waals surface area contributed by atoms with Crippen molar-refractivity contribution in [3.63, 3.8) is 0 Å². The lowest BCUT2D eigenvalue weighted by molar-refractivity contribution is 0.0994. The number of anilines is 2. The van der Waals surface area contributed by atoms with E-state index in [0.29, 0.717) is 42.8 Å². The van der Waals surface area contributed by atoms with Crippen LogP contribution >= 0.6 is 11.6 Å². The van der Waals surface area contributed by atoms with Gasteiger partial charge in [0.1, 0.15) is 5.76 Å². The first-order chi connectivity index (χ1) is 14.1. The quantitative estimate of drug-likeness (QED) is 0.695. The molecule has 0 aliphatic carbocycles. The Bertz CT molecular complexity index is 1070. The highest BCUT2D eigenvalue weighted by Crippen LogP contribution is 2.34.